The van der Waals surface area contributed by atoms with Crippen LogP contribution in [0.3, 0.4) is 0 Å². The highest BCUT2D eigenvalue weighted by Gasteiger charge is 2.16. The van der Waals surface area contributed by atoms with Crippen LogP contribution in [0, 0.1) is 11.8 Å². The molecule has 0 amide bonds. The van der Waals surface area contributed by atoms with Crippen molar-refractivity contribution in [2.45, 2.75) is 33.8 Å². The lowest BCUT2D eigenvalue weighted by atomic mass is 9.96. The molecule has 0 aromatic rings. The van der Waals surface area contributed by atoms with Crippen LogP contribution in [0.5, 0.6) is 0 Å². The second-order valence-corrected chi connectivity index (χ2v) is 4.32. The first-order valence-electron chi connectivity index (χ1n) is 5.08. The van der Waals surface area contributed by atoms with E-state index in [0.717, 1.165) is 6.61 Å². The van der Waals surface area contributed by atoms with Crippen LogP contribution in [0.25, 0.3) is 0 Å². The van der Waals surface area contributed by atoms with E-state index in [-0.39, 0.29) is 6.10 Å². The van der Waals surface area contributed by atoms with Crippen LogP contribution in [0.15, 0.2) is 23.8 Å². The van der Waals surface area contributed by atoms with E-state index < -0.39 is 0 Å². The molecule has 2 atom stereocenters. The van der Waals surface area contributed by atoms with Gasteiger partial charge in [-0.1, -0.05) is 44.6 Å². The highest BCUT2D eigenvalue weighted by atomic mass is 16.5. The fraction of sp³-hybridized carbons (Fsp3) is 0.667. The van der Waals surface area contributed by atoms with Crippen molar-refractivity contribution < 1.29 is 4.74 Å². The SMILES string of the molecule is CC1=CC(OCC(C)C)C(C)C=C1. The highest BCUT2D eigenvalue weighted by molar-refractivity contribution is 5.24. The Balaban J connectivity index is 2.45. The number of allylic oxidation sites excluding steroid dienone is 2. The van der Waals surface area contributed by atoms with Gasteiger partial charge in [0.25, 0.3) is 0 Å². The lowest BCUT2D eigenvalue weighted by Crippen LogP contribution is -2.22. The first-order chi connectivity index (χ1) is 6.09. The summed E-state index contributed by atoms with van der Waals surface area (Å²) in [6, 6.07) is 0. The molecule has 0 bridgehead atoms. The Bertz CT molecular complexity index is 213. The minimum Gasteiger partial charge on any atom is -0.373 e. The van der Waals surface area contributed by atoms with Crippen LogP contribution in [0.2, 0.25) is 0 Å². The highest BCUT2D eigenvalue weighted by Crippen LogP contribution is 2.19. The van der Waals surface area contributed by atoms with E-state index in [0.29, 0.717) is 11.8 Å². The normalized spacial score (nSPS) is 27.9. The zero-order valence-electron chi connectivity index (χ0n) is 9.08. The lowest BCUT2D eigenvalue weighted by Gasteiger charge is -2.23. The van der Waals surface area contributed by atoms with Crippen molar-refractivity contribution in [3.05, 3.63) is 23.8 Å². The third-order valence-corrected chi connectivity index (χ3v) is 2.23. The number of rotatable bonds is 3. The van der Waals surface area contributed by atoms with Gasteiger partial charge in [0.05, 0.1) is 6.10 Å². The lowest BCUT2D eigenvalue weighted by molar-refractivity contribution is 0.0436. The first kappa shape index (κ1) is 10.5. The zero-order valence-corrected chi connectivity index (χ0v) is 9.08. The quantitative estimate of drug-likeness (QED) is 0.648. The molecule has 0 spiro atoms. The van der Waals surface area contributed by atoms with Gasteiger partial charge in [-0.25, -0.2) is 0 Å². The van der Waals surface area contributed by atoms with Gasteiger partial charge >= 0.3 is 0 Å². The first-order valence-corrected chi connectivity index (χ1v) is 5.08. The maximum Gasteiger partial charge on any atom is 0.0821 e. The molecule has 0 saturated carbocycles. The second-order valence-electron chi connectivity index (χ2n) is 4.32. The molecule has 0 fully saturated rings. The Morgan fingerprint density at radius 2 is 2.15 bits per heavy atom. The van der Waals surface area contributed by atoms with Crippen molar-refractivity contribution in [1.29, 1.82) is 0 Å². The predicted molar refractivity (Wildman–Crippen MR) is 56.6 cm³/mol. The topological polar surface area (TPSA) is 9.23 Å². The largest absolute Gasteiger partial charge is 0.373 e. The summed E-state index contributed by atoms with van der Waals surface area (Å²) in [5.41, 5.74) is 1.31. The summed E-state index contributed by atoms with van der Waals surface area (Å²) >= 11 is 0. The van der Waals surface area contributed by atoms with Crippen molar-refractivity contribution in [3.8, 4) is 0 Å². The molecular formula is C12H20O. The van der Waals surface area contributed by atoms with E-state index in [4.69, 9.17) is 4.74 Å². The average Bonchev–Trinajstić information content (AvgIpc) is 2.06. The molecule has 0 saturated heterocycles. The molecule has 1 rings (SSSR count). The van der Waals surface area contributed by atoms with Gasteiger partial charge in [-0.15, -0.1) is 0 Å². The molecular weight excluding hydrogens is 160 g/mol. The third kappa shape index (κ3) is 3.35. The molecule has 13 heavy (non-hydrogen) atoms. The van der Waals surface area contributed by atoms with Crippen molar-refractivity contribution in [2.75, 3.05) is 6.61 Å². The Hall–Kier alpha value is -0.560. The van der Waals surface area contributed by atoms with Crippen molar-refractivity contribution in [2.24, 2.45) is 11.8 Å². The standard InChI is InChI=1S/C12H20O/c1-9(2)8-13-12-7-10(3)5-6-11(12)4/h5-7,9,11-12H,8H2,1-4H3. The Labute approximate surface area is 81.5 Å². The van der Waals surface area contributed by atoms with E-state index in [1.54, 1.807) is 0 Å². The molecule has 1 aliphatic rings. The van der Waals surface area contributed by atoms with Gasteiger partial charge in [-0.3, -0.25) is 0 Å². The molecule has 0 aliphatic heterocycles. The van der Waals surface area contributed by atoms with E-state index >= 15 is 0 Å². The van der Waals surface area contributed by atoms with Crippen LogP contribution in [-0.2, 0) is 4.74 Å². The van der Waals surface area contributed by atoms with Crippen molar-refractivity contribution in [3.63, 3.8) is 0 Å². The summed E-state index contributed by atoms with van der Waals surface area (Å²) in [6.07, 6.45) is 6.89. The molecule has 2 unspecified atom stereocenters. The third-order valence-electron chi connectivity index (χ3n) is 2.23. The summed E-state index contributed by atoms with van der Waals surface area (Å²) in [5, 5.41) is 0. The van der Waals surface area contributed by atoms with Crippen LogP contribution in [-0.4, -0.2) is 12.7 Å². The van der Waals surface area contributed by atoms with Crippen molar-refractivity contribution in [1.82, 2.24) is 0 Å². The average molecular weight is 180 g/mol. The Morgan fingerprint density at radius 3 is 2.77 bits per heavy atom. The Morgan fingerprint density at radius 1 is 1.46 bits per heavy atom. The fourth-order valence-electron chi connectivity index (χ4n) is 1.38. The van der Waals surface area contributed by atoms with Crippen LogP contribution >= 0.6 is 0 Å². The summed E-state index contributed by atoms with van der Waals surface area (Å²) in [5.74, 6) is 1.13. The zero-order chi connectivity index (χ0) is 9.84. The van der Waals surface area contributed by atoms with E-state index in [1.807, 2.05) is 0 Å². The molecule has 0 heterocycles. The van der Waals surface area contributed by atoms with Gasteiger partial charge in [0.2, 0.25) is 0 Å². The van der Waals surface area contributed by atoms with Crippen LogP contribution in [0.1, 0.15) is 27.7 Å². The molecule has 1 nitrogen and oxygen atoms in total. The summed E-state index contributed by atoms with van der Waals surface area (Å²) in [4.78, 5) is 0. The second kappa shape index (κ2) is 4.61. The summed E-state index contributed by atoms with van der Waals surface area (Å²) in [7, 11) is 0. The molecule has 0 N–H and O–H groups in total. The van der Waals surface area contributed by atoms with Gasteiger partial charge in [-0.2, -0.15) is 0 Å². The summed E-state index contributed by atoms with van der Waals surface area (Å²) in [6.45, 7) is 9.53. The number of hydrogen-bond donors (Lipinski definition) is 0. The monoisotopic (exact) mass is 180 g/mol. The molecule has 0 aromatic carbocycles. The maximum atomic E-state index is 5.80. The number of ether oxygens (including phenoxy) is 1. The van der Waals surface area contributed by atoms with Gasteiger partial charge in [-0.05, 0) is 12.8 Å². The van der Waals surface area contributed by atoms with Gasteiger partial charge in [0.1, 0.15) is 0 Å². The Kier molecular flexibility index (Phi) is 3.73. The van der Waals surface area contributed by atoms with E-state index in [2.05, 4.69) is 45.9 Å². The fourth-order valence-corrected chi connectivity index (χ4v) is 1.38. The van der Waals surface area contributed by atoms with Crippen LogP contribution in [0.4, 0.5) is 0 Å². The predicted octanol–water partition coefficient (Wildman–Crippen LogP) is 3.18. The molecule has 0 radical (unpaired) electrons. The molecule has 74 valence electrons. The van der Waals surface area contributed by atoms with Crippen molar-refractivity contribution >= 4 is 0 Å². The summed E-state index contributed by atoms with van der Waals surface area (Å²) < 4.78 is 5.80. The molecule has 0 aromatic heterocycles. The van der Waals surface area contributed by atoms with E-state index in [9.17, 15) is 0 Å². The number of hydrogen-bond acceptors (Lipinski definition) is 1. The van der Waals surface area contributed by atoms with E-state index in [1.165, 1.54) is 5.57 Å². The minimum atomic E-state index is 0.285. The van der Waals surface area contributed by atoms with Gasteiger partial charge in [0.15, 0.2) is 0 Å². The smallest absolute Gasteiger partial charge is 0.0821 e. The van der Waals surface area contributed by atoms with Gasteiger partial charge in [0, 0.05) is 12.5 Å². The minimum absolute atomic E-state index is 0.285. The van der Waals surface area contributed by atoms with Crippen LogP contribution < -0.4 is 0 Å². The maximum absolute atomic E-state index is 5.80. The molecule has 1 aliphatic carbocycles. The molecule has 1 heteroatoms. The van der Waals surface area contributed by atoms with Gasteiger partial charge < -0.3 is 4.74 Å².